The van der Waals surface area contributed by atoms with E-state index < -0.39 is 0 Å². The van der Waals surface area contributed by atoms with Gasteiger partial charge in [0.05, 0.1) is 5.69 Å². The first-order valence-corrected chi connectivity index (χ1v) is 9.24. The van der Waals surface area contributed by atoms with Gasteiger partial charge in [0.1, 0.15) is 11.5 Å². The lowest BCUT2D eigenvalue weighted by molar-refractivity contribution is 0.0622. The number of carbonyl (C=O) groups excluding carboxylic acids is 1. The predicted molar refractivity (Wildman–Crippen MR) is 104 cm³/mol. The predicted octanol–water partition coefficient (Wildman–Crippen LogP) is 2.26. The summed E-state index contributed by atoms with van der Waals surface area (Å²) >= 11 is 0. The van der Waals surface area contributed by atoms with Crippen molar-refractivity contribution in [1.82, 2.24) is 19.6 Å². The molecule has 2 heterocycles. The van der Waals surface area contributed by atoms with E-state index in [0.29, 0.717) is 38.4 Å². The Morgan fingerprint density at radius 3 is 2.43 bits per heavy atom. The van der Waals surface area contributed by atoms with Crippen LogP contribution in [-0.2, 0) is 6.54 Å². The van der Waals surface area contributed by atoms with Crippen LogP contribution in [0.4, 0.5) is 4.39 Å². The molecule has 1 N–H and O–H groups in total. The van der Waals surface area contributed by atoms with Crippen LogP contribution in [0.5, 0.6) is 0 Å². The Bertz CT molecular complexity index is 1020. The Morgan fingerprint density at radius 1 is 0.964 bits per heavy atom. The molecule has 1 fully saturated rings. The summed E-state index contributed by atoms with van der Waals surface area (Å²) in [5.74, 6) is -0.421. The number of para-hydroxylation sites is 1. The zero-order valence-electron chi connectivity index (χ0n) is 15.3. The van der Waals surface area contributed by atoms with Gasteiger partial charge in [-0.05, 0) is 29.8 Å². The highest BCUT2D eigenvalue weighted by Gasteiger charge is 2.24. The number of halogens is 1. The van der Waals surface area contributed by atoms with E-state index in [1.54, 1.807) is 23.1 Å². The monoisotopic (exact) mass is 380 g/mol. The summed E-state index contributed by atoms with van der Waals surface area (Å²) in [6, 6.07) is 17.1. The maximum absolute atomic E-state index is 13.3. The molecular weight excluding hydrogens is 359 g/mol. The van der Waals surface area contributed by atoms with Gasteiger partial charge in [0.2, 0.25) is 0 Å². The number of aromatic amines is 1. The molecule has 1 aliphatic heterocycles. The van der Waals surface area contributed by atoms with Crippen molar-refractivity contribution in [2.75, 3.05) is 26.2 Å². The number of aromatic nitrogens is 2. The van der Waals surface area contributed by atoms with E-state index in [4.69, 9.17) is 0 Å². The van der Waals surface area contributed by atoms with Gasteiger partial charge in [-0.25, -0.2) is 9.07 Å². The minimum Gasteiger partial charge on any atom is -0.335 e. The topological polar surface area (TPSA) is 61.3 Å². The maximum Gasteiger partial charge on any atom is 0.272 e. The van der Waals surface area contributed by atoms with Crippen LogP contribution < -0.4 is 5.56 Å². The third-order valence-corrected chi connectivity index (χ3v) is 4.92. The van der Waals surface area contributed by atoms with Crippen molar-refractivity contribution in [3.63, 3.8) is 0 Å². The normalized spacial score (nSPS) is 15.0. The molecule has 7 heteroatoms. The second-order valence-electron chi connectivity index (χ2n) is 6.88. The Kier molecular flexibility index (Phi) is 5.08. The van der Waals surface area contributed by atoms with Gasteiger partial charge in [0, 0.05) is 38.8 Å². The van der Waals surface area contributed by atoms with Crippen LogP contribution >= 0.6 is 0 Å². The van der Waals surface area contributed by atoms with Crippen LogP contribution in [0, 0.1) is 5.82 Å². The molecule has 1 aliphatic rings. The zero-order valence-corrected chi connectivity index (χ0v) is 15.3. The molecule has 0 radical (unpaired) electrons. The van der Waals surface area contributed by atoms with Gasteiger partial charge < -0.3 is 4.90 Å². The van der Waals surface area contributed by atoms with Crippen molar-refractivity contribution in [3.8, 4) is 5.69 Å². The van der Waals surface area contributed by atoms with Gasteiger partial charge in [-0.3, -0.25) is 19.6 Å². The highest BCUT2D eigenvalue weighted by molar-refractivity contribution is 5.92. The zero-order chi connectivity index (χ0) is 19.5. The molecule has 1 aromatic heterocycles. The molecule has 3 aromatic rings. The Labute approximate surface area is 161 Å². The van der Waals surface area contributed by atoms with Crippen LogP contribution in [-0.4, -0.2) is 51.7 Å². The molecule has 0 unspecified atom stereocenters. The molecule has 2 aromatic carbocycles. The van der Waals surface area contributed by atoms with Gasteiger partial charge >= 0.3 is 0 Å². The van der Waals surface area contributed by atoms with E-state index in [1.807, 2.05) is 24.3 Å². The summed E-state index contributed by atoms with van der Waals surface area (Å²) in [4.78, 5) is 28.9. The summed E-state index contributed by atoms with van der Waals surface area (Å²) in [6.45, 7) is 3.18. The lowest BCUT2D eigenvalue weighted by Crippen LogP contribution is -2.48. The van der Waals surface area contributed by atoms with E-state index in [1.165, 1.54) is 22.9 Å². The van der Waals surface area contributed by atoms with E-state index in [0.717, 1.165) is 5.56 Å². The highest BCUT2D eigenvalue weighted by Crippen LogP contribution is 2.12. The molecule has 0 atom stereocenters. The van der Waals surface area contributed by atoms with Crippen molar-refractivity contribution >= 4 is 5.91 Å². The number of amides is 1. The first kappa shape index (κ1) is 18.2. The third-order valence-electron chi connectivity index (χ3n) is 4.92. The first-order valence-electron chi connectivity index (χ1n) is 9.24. The molecule has 4 rings (SSSR count). The van der Waals surface area contributed by atoms with E-state index >= 15 is 0 Å². The largest absolute Gasteiger partial charge is 0.335 e. The fourth-order valence-electron chi connectivity index (χ4n) is 3.45. The number of piperazine rings is 1. The van der Waals surface area contributed by atoms with Gasteiger partial charge in [-0.15, -0.1) is 0 Å². The van der Waals surface area contributed by atoms with Crippen LogP contribution in [0.1, 0.15) is 16.1 Å². The lowest BCUT2D eigenvalue weighted by Gasteiger charge is -2.34. The minimum absolute atomic E-state index is 0.183. The number of carbonyl (C=O) groups is 1. The molecular formula is C21H21FN4O2. The van der Waals surface area contributed by atoms with Crippen molar-refractivity contribution < 1.29 is 9.18 Å². The number of benzene rings is 2. The first-order chi connectivity index (χ1) is 13.6. The second-order valence-corrected chi connectivity index (χ2v) is 6.88. The van der Waals surface area contributed by atoms with E-state index in [9.17, 15) is 14.0 Å². The lowest BCUT2D eigenvalue weighted by atomic mass is 10.2. The van der Waals surface area contributed by atoms with Gasteiger partial charge in [0.15, 0.2) is 0 Å². The van der Waals surface area contributed by atoms with Crippen LogP contribution in [0.25, 0.3) is 5.69 Å². The maximum atomic E-state index is 13.3. The van der Waals surface area contributed by atoms with Crippen LogP contribution in [0.15, 0.2) is 65.5 Å². The quantitative estimate of drug-likeness (QED) is 0.755. The molecule has 1 saturated heterocycles. The van der Waals surface area contributed by atoms with Gasteiger partial charge in [-0.2, -0.15) is 0 Å². The molecule has 0 saturated carbocycles. The second kappa shape index (κ2) is 7.82. The molecule has 1 amide bonds. The molecule has 0 bridgehead atoms. The van der Waals surface area contributed by atoms with Crippen molar-refractivity contribution in [2.45, 2.75) is 6.54 Å². The van der Waals surface area contributed by atoms with Crippen LogP contribution in [0.2, 0.25) is 0 Å². The molecule has 28 heavy (non-hydrogen) atoms. The van der Waals surface area contributed by atoms with E-state index in [2.05, 4.69) is 10.00 Å². The summed E-state index contributed by atoms with van der Waals surface area (Å²) in [7, 11) is 0. The fourth-order valence-corrected chi connectivity index (χ4v) is 3.45. The Balaban J connectivity index is 1.40. The number of nitrogens with one attached hydrogen (secondary N) is 1. The van der Waals surface area contributed by atoms with Crippen molar-refractivity contribution in [3.05, 3.63) is 88.1 Å². The number of hydrogen-bond donors (Lipinski definition) is 1. The molecule has 144 valence electrons. The van der Waals surface area contributed by atoms with Gasteiger partial charge in [-0.1, -0.05) is 30.3 Å². The van der Waals surface area contributed by atoms with Crippen molar-refractivity contribution in [2.24, 2.45) is 0 Å². The summed E-state index contributed by atoms with van der Waals surface area (Å²) in [5, 5.41) is 2.91. The smallest absolute Gasteiger partial charge is 0.272 e. The molecule has 0 spiro atoms. The summed E-state index contributed by atoms with van der Waals surface area (Å²) < 4.78 is 14.7. The van der Waals surface area contributed by atoms with Crippen LogP contribution in [0.3, 0.4) is 0 Å². The fraction of sp³-hybridized carbons (Fsp3) is 0.238. The Hall–Kier alpha value is -3.19. The standard InChI is InChI=1S/C21H21FN4O2/c22-17-6-4-5-16(13-17)15-24-9-11-25(12-10-24)21(28)19-14-20(27)26(23-19)18-7-2-1-3-8-18/h1-8,13-14,23H,9-12,15H2. The third kappa shape index (κ3) is 3.89. The number of rotatable bonds is 4. The Morgan fingerprint density at radius 2 is 1.71 bits per heavy atom. The average Bonchev–Trinajstić information content (AvgIpc) is 3.10. The SMILES string of the molecule is O=C(c1cc(=O)n(-c2ccccc2)[nH]1)N1CCN(Cc2cccc(F)c2)CC1. The number of H-pyrrole nitrogens is 1. The van der Waals surface area contributed by atoms with Crippen molar-refractivity contribution in [1.29, 1.82) is 0 Å². The number of hydrogen-bond acceptors (Lipinski definition) is 3. The molecule has 0 aliphatic carbocycles. The average molecular weight is 380 g/mol. The summed E-state index contributed by atoms with van der Waals surface area (Å²) in [6.07, 6.45) is 0. The summed E-state index contributed by atoms with van der Waals surface area (Å²) in [5.41, 5.74) is 1.63. The number of nitrogens with zero attached hydrogens (tertiary/aromatic N) is 3. The highest BCUT2D eigenvalue weighted by atomic mass is 19.1. The van der Waals surface area contributed by atoms with E-state index in [-0.39, 0.29) is 23.0 Å². The molecule has 6 nitrogen and oxygen atoms in total. The minimum atomic E-state index is -0.265. The van der Waals surface area contributed by atoms with Gasteiger partial charge in [0.25, 0.3) is 11.5 Å².